The van der Waals surface area contributed by atoms with E-state index in [2.05, 4.69) is 11.2 Å². The van der Waals surface area contributed by atoms with Crippen molar-refractivity contribution in [1.29, 1.82) is 0 Å². The minimum atomic E-state index is 0.948. The molecule has 2 rings (SSSR count). The Bertz CT molecular complexity index is 291. The largest absolute Gasteiger partial charge is 0.269 e. The van der Waals surface area contributed by atoms with Gasteiger partial charge >= 0.3 is 0 Å². The highest BCUT2D eigenvalue weighted by Gasteiger charge is 2.06. The number of nitrogens with zero attached hydrogens (tertiary/aromatic N) is 2. The molecule has 1 heterocycles. The summed E-state index contributed by atoms with van der Waals surface area (Å²) in [6.07, 6.45) is 8.32. The van der Waals surface area contributed by atoms with Crippen molar-refractivity contribution in [2.75, 3.05) is 0 Å². The molecule has 0 atom stereocenters. The highest BCUT2D eigenvalue weighted by molar-refractivity contribution is 5.09. The number of rotatable bonds is 2. The van der Waals surface area contributed by atoms with Gasteiger partial charge in [-0.1, -0.05) is 11.6 Å². The molecule has 1 saturated carbocycles. The first-order chi connectivity index (χ1) is 5.84. The molecule has 2 nitrogen and oxygen atoms in total. The minimum absolute atomic E-state index is 0.948. The average molecular weight is 162 g/mol. The number of hydrogen-bond donors (Lipinski definition) is 0. The lowest BCUT2D eigenvalue weighted by atomic mass is 9.92. The maximum absolute atomic E-state index is 4.31. The molecule has 64 valence electrons. The second-order valence-electron chi connectivity index (χ2n) is 3.40. The predicted octanol–water partition coefficient (Wildman–Crippen LogP) is 2.30. The van der Waals surface area contributed by atoms with E-state index in [1.165, 1.54) is 19.3 Å². The van der Waals surface area contributed by atoms with E-state index in [1.54, 1.807) is 5.57 Å². The lowest BCUT2D eigenvalue weighted by molar-refractivity contribution is 0.632. The van der Waals surface area contributed by atoms with Gasteiger partial charge in [-0.3, -0.25) is 4.68 Å². The van der Waals surface area contributed by atoms with Crippen LogP contribution in [0.3, 0.4) is 0 Å². The zero-order chi connectivity index (χ0) is 8.39. The Hall–Kier alpha value is -1.05. The van der Waals surface area contributed by atoms with Crippen LogP contribution in [0.5, 0.6) is 0 Å². The summed E-state index contributed by atoms with van der Waals surface area (Å²) in [5.41, 5.74) is 2.70. The quantitative estimate of drug-likeness (QED) is 0.610. The van der Waals surface area contributed by atoms with E-state index in [0.717, 1.165) is 12.2 Å². The van der Waals surface area contributed by atoms with E-state index < -0.39 is 0 Å². The zero-order valence-corrected chi connectivity index (χ0v) is 7.45. The van der Waals surface area contributed by atoms with Crippen molar-refractivity contribution in [1.82, 2.24) is 9.78 Å². The number of aryl methyl sites for hydroxylation is 1. The van der Waals surface area contributed by atoms with Gasteiger partial charge in [0.05, 0.1) is 12.2 Å². The second-order valence-corrected chi connectivity index (χ2v) is 3.40. The summed E-state index contributed by atoms with van der Waals surface area (Å²) in [6, 6.07) is 2.04. The molecular weight excluding hydrogens is 148 g/mol. The van der Waals surface area contributed by atoms with E-state index in [1.807, 2.05) is 23.9 Å². The van der Waals surface area contributed by atoms with Crippen LogP contribution in [0.1, 0.15) is 25.0 Å². The van der Waals surface area contributed by atoms with E-state index >= 15 is 0 Å². The maximum Gasteiger partial charge on any atom is 0.0593 e. The molecule has 1 aliphatic carbocycles. The molecule has 1 aromatic rings. The lowest BCUT2D eigenvalue weighted by Crippen LogP contribution is -2.01. The summed E-state index contributed by atoms with van der Waals surface area (Å²) in [7, 11) is 0. The standard InChI is InChI=1S/C10H14N2/c1-9-5-7-12(11-9)8-6-10-3-2-4-10/h5-7H,2-4,8H2,1H3. The number of hydrogen-bond acceptors (Lipinski definition) is 1. The number of aromatic nitrogens is 2. The lowest BCUT2D eigenvalue weighted by Gasteiger charge is -2.15. The van der Waals surface area contributed by atoms with Gasteiger partial charge in [0.2, 0.25) is 0 Å². The van der Waals surface area contributed by atoms with Crippen molar-refractivity contribution in [3.05, 3.63) is 29.6 Å². The topological polar surface area (TPSA) is 17.8 Å². The molecule has 0 N–H and O–H groups in total. The SMILES string of the molecule is Cc1ccn(CC=C2CCC2)n1. The third-order valence-corrected chi connectivity index (χ3v) is 2.34. The fourth-order valence-electron chi connectivity index (χ4n) is 1.37. The van der Waals surface area contributed by atoms with Gasteiger partial charge in [0.15, 0.2) is 0 Å². The van der Waals surface area contributed by atoms with Crippen molar-refractivity contribution in [2.45, 2.75) is 32.7 Å². The molecule has 12 heavy (non-hydrogen) atoms. The third-order valence-electron chi connectivity index (χ3n) is 2.34. The van der Waals surface area contributed by atoms with E-state index in [0.29, 0.717) is 0 Å². The van der Waals surface area contributed by atoms with Crippen LogP contribution in [-0.2, 0) is 6.54 Å². The Morgan fingerprint density at radius 2 is 2.42 bits per heavy atom. The highest BCUT2D eigenvalue weighted by Crippen LogP contribution is 2.24. The van der Waals surface area contributed by atoms with Gasteiger partial charge < -0.3 is 0 Å². The molecule has 1 aliphatic rings. The Morgan fingerprint density at radius 1 is 1.58 bits per heavy atom. The van der Waals surface area contributed by atoms with Crippen LogP contribution in [0.25, 0.3) is 0 Å². The second kappa shape index (κ2) is 3.13. The first-order valence-corrected chi connectivity index (χ1v) is 4.52. The van der Waals surface area contributed by atoms with Crippen LogP contribution >= 0.6 is 0 Å². The molecule has 0 aromatic carbocycles. The molecule has 0 saturated heterocycles. The van der Waals surface area contributed by atoms with Crippen molar-refractivity contribution in [2.24, 2.45) is 0 Å². The molecule has 2 heteroatoms. The Morgan fingerprint density at radius 3 is 2.92 bits per heavy atom. The maximum atomic E-state index is 4.31. The minimum Gasteiger partial charge on any atom is -0.269 e. The fraction of sp³-hybridized carbons (Fsp3) is 0.500. The van der Waals surface area contributed by atoms with Crippen molar-refractivity contribution >= 4 is 0 Å². The Balaban J connectivity index is 1.95. The van der Waals surface area contributed by atoms with E-state index in [-0.39, 0.29) is 0 Å². The smallest absolute Gasteiger partial charge is 0.0593 e. The summed E-state index contributed by atoms with van der Waals surface area (Å²) in [4.78, 5) is 0. The monoisotopic (exact) mass is 162 g/mol. The van der Waals surface area contributed by atoms with Crippen molar-refractivity contribution < 1.29 is 0 Å². The van der Waals surface area contributed by atoms with E-state index in [9.17, 15) is 0 Å². The van der Waals surface area contributed by atoms with Crippen LogP contribution in [0.15, 0.2) is 23.9 Å². The van der Waals surface area contributed by atoms with Crippen LogP contribution < -0.4 is 0 Å². The zero-order valence-electron chi connectivity index (χ0n) is 7.45. The molecule has 0 bridgehead atoms. The normalized spacial score (nSPS) is 15.9. The summed E-state index contributed by atoms with van der Waals surface area (Å²) >= 11 is 0. The molecular formula is C10H14N2. The first kappa shape index (κ1) is 7.59. The third kappa shape index (κ3) is 1.58. The highest BCUT2D eigenvalue weighted by atomic mass is 15.3. The average Bonchev–Trinajstić information content (AvgIpc) is 2.32. The summed E-state index contributed by atoms with van der Waals surface area (Å²) in [5.74, 6) is 0. The predicted molar refractivity (Wildman–Crippen MR) is 48.9 cm³/mol. The molecule has 0 radical (unpaired) electrons. The summed E-state index contributed by atoms with van der Waals surface area (Å²) in [6.45, 7) is 2.97. The van der Waals surface area contributed by atoms with Gasteiger partial charge in [-0.15, -0.1) is 0 Å². The fourth-order valence-corrected chi connectivity index (χ4v) is 1.37. The molecule has 0 spiro atoms. The molecule has 1 fully saturated rings. The van der Waals surface area contributed by atoms with Gasteiger partial charge in [-0.2, -0.15) is 5.10 Å². The van der Waals surface area contributed by atoms with Crippen molar-refractivity contribution in [3.8, 4) is 0 Å². The van der Waals surface area contributed by atoms with Crippen LogP contribution in [0.4, 0.5) is 0 Å². The summed E-state index contributed by atoms with van der Waals surface area (Å²) in [5, 5.41) is 4.31. The van der Waals surface area contributed by atoms with E-state index in [4.69, 9.17) is 0 Å². The molecule has 0 amide bonds. The Kier molecular flexibility index (Phi) is 1.98. The van der Waals surface area contributed by atoms with Crippen LogP contribution in [0, 0.1) is 6.92 Å². The van der Waals surface area contributed by atoms with Crippen molar-refractivity contribution in [3.63, 3.8) is 0 Å². The van der Waals surface area contributed by atoms with Gasteiger partial charge in [0, 0.05) is 6.20 Å². The molecule has 0 unspecified atom stereocenters. The Labute approximate surface area is 72.9 Å². The van der Waals surface area contributed by atoms with Gasteiger partial charge in [-0.05, 0) is 32.3 Å². The van der Waals surface area contributed by atoms with Crippen LogP contribution in [0.2, 0.25) is 0 Å². The van der Waals surface area contributed by atoms with Gasteiger partial charge in [-0.25, -0.2) is 0 Å². The summed E-state index contributed by atoms with van der Waals surface area (Å²) < 4.78 is 1.99. The number of allylic oxidation sites excluding steroid dienone is 2. The van der Waals surface area contributed by atoms with Gasteiger partial charge in [0.25, 0.3) is 0 Å². The van der Waals surface area contributed by atoms with Crippen LogP contribution in [-0.4, -0.2) is 9.78 Å². The first-order valence-electron chi connectivity index (χ1n) is 4.52. The van der Waals surface area contributed by atoms with Gasteiger partial charge in [0.1, 0.15) is 0 Å². The molecule has 1 aromatic heterocycles. The molecule has 0 aliphatic heterocycles.